The number of rotatable bonds is 6. The van der Waals surface area contributed by atoms with Crippen molar-refractivity contribution in [3.05, 3.63) is 28.8 Å². The van der Waals surface area contributed by atoms with Gasteiger partial charge in [-0.3, -0.25) is 0 Å². The maximum atomic E-state index is 6.02. The Labute approximate surface area is 112 Å². The normalized spacial score (nSPS) is 10.5. The average molecular weight is 305 g/mol. The topological polar surface area (TPSA) is 3.24 Å². The SMILES string of the molecule is CCCN(CCC)c1ccc(Cl)cc1CBr. The summed E-state index contributed by atoms with van der Waals surface area (Å²) in [5, 5.41) is 1.67. The van der Waals surface area contributed by atoms with E-state index in [2.05, 4.69) is 40.7 Å². The second-order valence-electron chi connectivity index (χ2n) is 3.89. The van der Waals surface area contributed by atoms with Gasteiger partial charge in [-0.25, -0.2) is 0 Å². The van der Waals surface area contributed by atoms with Crippen molar-refractivity contribution in [3.63, 3.8) is 0 Å². The standard InChI is InChI=1S/C13H19BrClN/c1-3-7-16(8-4-2)13-6-5-12(15)9-11(13)10-14/h5-6,9H,3-4,7-8,10H2,1-2H3. The van der Waals surface area contributed by atoms with Crippen LogP contribution in [0.15, 0.2) is 18.2 Å². The highest BCUT2D eigenvalue weighted by Gasteiger charge is 2.09. The molecule has 0 amide bonds. The molecule has 3 heteroatoms. The van der Waals surface area contributed by atoms with Crippen molar-refractivity contribution in [3.8, 4) is 0 Å². The third-order valence-electron chi connectivity index (χ3n) is 2.51. The molecule has 0 aliphatic rings. The molecule has 0 heterocycles. The van der Waals surface area contributed by atoms with Gasteiger partial charge in [0, 0.05) is 29.1 Å². The molecular formula is C13H19BrClN. The van der Waals surface area contributed by atoms with Crippen LogP contribution in [-0.4, -0.2) is 13.1 Å². The lowest BCUT2D eigenvalue weighted by Crippen LogP contribution is -2.25. The Hall–Kier alpha value is -0.210. The molecule has 90 valence electrons. The molecule has 0 radical (unpaired) electrons. The molecule has 0 saturated heterocycles. The van der Waals surface area contributed by atoms with Gasteiger partial charge in [-0.1, -0.05) is 41.4 Å². The molecule has 16 heavy (non-hydrogen) atoms. The fraction of sp³-hybridized carbons (Fsp3) is 0.538. The van der Waals surface area contributed by atoms with Crippen LogP contribution in [0.2, 0.25) is 5.02 Å². The monoisotopic (exact) mass is 303 g/mol. The van der Waals surface area contributed by atoms with Gasteiger partial charge in [0.25, 0.3) is 0 Å². The number of benzene rings is 1. The van der Waals surface area contributed by atoms with E-state index in [1.165, 1.54) is 24.1 Å². The van der Waals surface area contributed by atoms with Crippen LogP contribution >= 0.6 is 27.5 Å². The van der Waals surface area contributed by atoms with E-state index in [1.807, 2.05) is 12.1 Å². The second kappa shape index (κ2) is 7.18. The molecule has 0 saturated carbocycles. The van der Waals surface area contributed by atoms with Crippen molar-refractivity contribution in [1.29, 1.82) is 0 Å². The van der Waals surface area contributed by atoms with E-state index >= 15 is 0 Å². The zero-order valence-electron chi connectivity index (χ0n) is 9.97. The predicted octanol–water partition coefficient (Wildman–Crippen LogP) is 4.86. The van der Waals surface area contributed by atoms with Crippen molar-refractivity contribution in [2.45, 2.75) is 32.0 Å². The molecule has 0 fully saturated rings. The quantitative estimate of drug-likeness (QED) is 0.678. The van der Waals surface area contributed by atoms with Crippen molar-refractivity contribution >= 4 is 33.2 Å². The number of halogens is 2. The van der Waals surface area contributed by atoms with Crippen LogP contribution in [0.5, 0.6) is 0 Å². The fourth-order valence-corrected chi connectivity index (χ4v) is 2.51. The first-order valence-corrected chi connectivity index (χ1v) is 7.32. The Bertz CT molecular complexity index is 322. The number of hydrogen-bond acceptors (Lipinski definition) is 1. The first-order valence-electron chi connectivity index (χ1n) is 5.82. The van der Waals surface area contributed by atoms with E-state index in [4.69, 9.17) is 11.6 Å². The Morgan fingerprint density at radius 3 is 2.31 bits per heavy atom. The lowest BCUT2D eigenvalue weighted by Gasteiger charge is -2.26. The van der Waals surface area contributed by atoms with Gasteiger partial charge < -0.3 is 4.90 Å². The third-order valence-corrected chi connectivity index (χ3v) is 3.35. The Morgan fingerprint density at radius 1 is 1.19 bits per heavy atom. The highest BCUT2D eigenvalue weighted by atomic mass is 79.9. The summed E-state index contributed by atoms with van der Waals surface area (Å²) in [7, 11) is 0. The average Bonchev–Trinajstić information content (AvgIpc) is 2.28. The van der Waals surface area contributed by atoms with Crippen LogP contribution in [0.25, 0.3) is 0 Å². The van der Waals surface area contributed by atoms with Gasteiger partial charge in [0.05, 0.1) is 0 Å². The lowest BCUT2D eigenvalue weighted by molar-refractivity contribution is 0.742. The highest BCUT2D eigenvalue weighted by Crippen LogP contribution is 2.26. The molecule has 0 spiro atoms. The zero-order chi connectivity index (χ0) is 12.0. The first kappa shape index (κ1) is 13.9. The molecule has 0 unspecified atom stereocenters. The van der Waals surface area contributed by atoms with Gasteiger partial charge in [0.1, 0.15) is 0 Å². The largest absolute Gasteiger partial charge is 0.371 e. The summed E-state index contributed by atoms with van der Waals surface area (Å²) in [6.07, 6.45) is 2.34. The van der Waals surface area contributed by atoms with E-state index in [1.54, 1.807) is 0 Å². The van der Waals surface area contributed by atoms with E-state index in [0.29, 0.717) is 0 Å². The molecule has 0 aliphatic heterocycles. The molecule has 0 aliphatic carbocycles. The van der Waals surface area contributed by atoms with Crippen LogP contribution in [0.4, 0.5) is 5.69 Å². The summed E-state index contributed by atoms with van der Waals surface area (Å²) in [4.78, 5) is 2.44. The van der Waals surface area contributed by atoms with Gasteiger partial charge >= 0.3 is 0 Å². The van der Waals surface area contributed by atoms with E-state index in [9.17, 15) is 0 Å². The smallest absolute Gasteiger partial charge is 0.0410 e. The van der Waals surface area contributed by atoms with E-state index in [0.717, 1.165) is 23.4 Å². The second-order valence-corrected chi connectivity index (χ2v) is 4.89. The maximum Gasteiger partial charge on any atom is 0.0410 e. The summed E-state index contributed by atoms with van der Waals surface area (Å²) in [6, 6.07) is 6.15. The van der Waals surface area contributed by atoms with Crippen molar-refractivity contribution < 1.29 is 0 Å². The molecule has 0 aromatic heterocycles. The van der Waals surface area contributed by atoms with Gasteiger partial charge in [-0.05, 0) is 36.6 Å². The Balaban J connectivity index is 2.97. The molecule has 1 rings (SSSR count). The number of hydrogen-bond donors (Lipinski definition) is 0. The first-order chi connectivity index (χ1) is 7.72. The number of anilines is 1. The van der Waals surface area contributed by atoms with Crippen LogP contribution < -0.4 is 4.90 Å². The molecular weight excluding hydrogens is 286 g/mol. The van der Waals surface area contributed by atoms with Crippen LogP contribution in [-0.2, 0) is 5.33 Å². The summed E-state index contributed by atoms with van der Waals surface area (Å²) >= 11 is 9.54. The van der Waals surface area contributed by atoms with Crippen LogP contribution in [0.3, 0.4) is 0 Å². The summed E-state index contributed by atoms with van der Waals surface area (Å²) in [5.41, 5.74) is 2.58. The summed E-state index contributed by atoms with van der Waals surface area (Å²) in [6.45, 7) is 6.64. The zero-order valence-corrected chi connectivity index (χ0v) is 12.3. The van der Waals surface area contributed by atoms with Gasteiger partial charge in [-0.2, -0.15) is 0 Å². The number of alkyl halides is 1. The molecule has 0 N–H and O–H groups in total. The number of nitrogens with zero attached hydrogens (tertiary/aromatic N) is 1. The molecule has 1 aromatic rings. The molecule has 0 atom stereocenters. The molecule has 0 bridgehead atoms. The van der Waals surface area contributed by atoms with Crippen molar-refractivity contribution in [1.82, 2.24) is 0 Å². The fourth-order valence-electron chi connectivity index (χ4n) is 1.86. The van der Waals surface area contributed by atoms with E-state index in [-0.39, 0.29) is 0 Å². The van der Waals surface area contributed by atoms with Gasteiger partial charge in [0.15, 0.2) is 0 Å². The maximum absolute atomic E-state index is 6.02. The molecule has 1 aromatic carbocycles. The summed E-state index contributed by atoms with van der Waals surface area (Å²) < 4.78 is 0. The van der Waals surface area contributed by atoms with E-state index < -0.39 is 0 Å². The minimum absolute atomic E-state index is 0.811. The Morgan fingerprint density at radius 2 is 1.81 bits per heavy atom. The lowest BCUT2D eigenvalue weighted by atomic mass is 10.1. The third kappa shape index (κ3) is 3.67. The minimum Gasteiger partial charge on any atom is -0.371 e. The predicted molar refractivity (Wildman–Crippen MR) is 76.9 cm³/mol. The van der Waals surface area contributed by atoms with Gasteiger partial charge in [0.2, 0.25) is 0 Å². The van der Waals surface area contributed by atoms with Crippen LogP contribution in [0, 0.1) is 0 Å². The van der Waals surface area contributed by atoms with Crippen molar-refractivity contribution in [2.75, 3.05) is 18.0 Å². The minimum atomic E-state index is 0.811. The summed E-state index contributed by atoms with van der Waals surface area (Å²) in [5.74, 6) is 0. The van der Waals surface area contributed by atoms with Gasteiger partial charge in [-0.15, -0.1) is 0 Å². The highest BCUT2D eigenvalue weighted by molar-refractivity contribution is 9.08. The Kier molecular flexibility index (Phi) is 6.22. The molecule has 1 nitrogen and oxygen atoms in total. The van der Waals surface area contributed by atoms with Crippen LogP contribution in [0.1, 0.15) is 32.3 Å². The van der Waals surface area contributed by atoms with Crippen molar-refractivity contribution in [2.24, 2.45) is 0 Å².